The van der Waals surface area contributed by atoms with Gasteiger partial charge in [-0.3, -0.25) is 4.79 Å². The Morgan fingerprint density at radius 3 is 2.13 bits per heavy atom. The van der Waals surface area contributed by atoms with Gasteiger partial charge in [0.15, 0.2) is 0 Å². The molecule has 23 heavy (non-hydrogen) atoms. The van der Waals surface area contributed by atoms with Crippen LogP contribution in [0.15, 0.2) is 30.5 Å². The molecule has 0 bridgehead atoms. The third-order valence-electron chi connectivity index (χ3n) is 2.92. The normalized spacial score (nSPS) is 9.00. The van der Waals surface area contributed by atoms with Gasteiger partial charge in [-0.2, -0.15) is 0 Å². The van der Waals surface area contributed by atoms with Crippen LogP contribution in [0.1, 0.15) is 78.4 Å². The van der Waals surface area contributed by atoms with Gasteiger partial charge in [-0.1, -0.05) is 65.8 Å². The first kappa shape index (κ1) is 23.7. The molecule has 0 heterocycles. The van der Waals surface area contributed by atoms with Gasteiger partial charge in [0.25, 0.3) is 0 Å². The predicted octanol–water partition coefficient (Wildman–Crippen LogP) is 6.65. The number of allylic oxidation sites excluding steroid dienone is 1. The summed E-state index contributed by atoms with van der Waals surface area (Å²) in [5.74, 6) is 1.79. The first-order valence-electron chi connectivity index (χ1n) is 9.03. The van der Waals surface area contributed by atoms with E-state index in [2.05, 4.69) is 13.5 Å². The molecule has 0 saturated heterocycles. The van der Waals surface area contributed by atoms with E-state index < -0.39 is 0 Å². The van der Waals surface area contributed by atoms with Crippen molar-refractivity contribution in [2.45, 2.75) is 80.6 Å². The number of hydrogen-bond acceptors (Lipinski definition) is 2. The minimum Gasteiger partial charge on any atom is -0.462 e. The quantitative estimate of drug-likeness (QED) is 0.501. The van der Waals surface area contributed by atoms with Gasteiger partial charge in [0.2, 0.25) is 0 Å². The highest BCUT2D eigenvalue weighted by Crippen LogP contribution is 2.24. The second-order valence-electron chi connectivity index (χ2n) is 4.97. The van der Waals surface area contributed by atoms with Gasteiger partial charge in [-0.25, -0.2) is 0 Å². The number of ketones is 1. The monoisotopic (exact) mass is 320 g/mol. The van der Waals surface area contributed by atoms with E-state index in [1.54, 1.807) is 0 Å². The first-order valence-corrected chi connectivity index (χ1v) is 9.03. The summed E-state index contributed by atoms with van der Waals surface area (Å²) >= 11 is 0. The lowest BCUT2D eigenvalue weighted by Gasteiger charge is -2.13. The Morgan fingerprint density at radius 1 is 1.04 bits per heavy atom. The molecule has 0 spiro atoms. The van der Waals surface area contributed by atoms with E-state index in [4.69, 9.17) is 4.74 Å². The molecule has 0 atom stereocenters. The van der Waals surface area contributed by atoms with Gasteiger partial charge in [-0.05, 0) is 25.8 Å². The molecule has 2 heteroatoms. The summed E-state index contributed by atoms with van der Waals surface area (Å²) in [6.07, 6.45) is 3.82. The van der Waals surface area contributed by atoms with Gasteiger partial charge >= 0.3 is 0 Å². The second kappa shape index (κ2) is 15.3. The van der Waals surface area contributed by atoms with Crippen LogP contribution < -0.4 is 4.74 Å². The predicted molar refractivity (Wildman–Crippen MR) is 102 cm³/mol. The van der Waals surface area contributed by atoms with Gasteiger partial charge in [0.1, 0.15) is 11.5 Å². The van der Waals surface area contributed by atoms with E-state index in [9.17, 15) is 4.79 Å². The molecule has 1 aromatic carbocycles. The van der Waals surface area contributed by atoms with Crippen LogP contribution in [0.5, 0.6) is 5.75 Å². The summed E-state index contributed by atoms with van der Waals surface area (Å²) in [7, 11) is 0. The molecular formula is C21H36O2. The summed E-state index contributed by atoms with van der Waals surface area (Å²) in [5, 5.41) is 0. The Kier molecular flexibility index (Phi) is 15.8. The number of Topliss-reactive ketones (excluding diaryl/α,β-unsaturated/α-hetero) is 1. The number of aryl methyl sites for hydroxylation is 1. The SMILES string of the molecule is C=C(CCC)Oc1ccc(C)cc1CC(=O)CCC.CC.CC. The molecule has 0 amide bonds. The average molecular weight is 321 g/mol. The third-order valence-corrected chi connectivity index (χ3v) is 2.92. The van der Waals surface area contributed by atoms with E-state index >= 15 is 0 Å². The van der Waals surface area contributed by atoms with E-state index in [1.165, 1.54) is 0 Å². The van der Waals surface area contributed by atoms with Gasteiger partial charge in [-0.15, -0.1) is 0 Å². The van der Waals surface area contributed by atoms with Crippen molar-refractivity contribution in [1.82, 2.24) is 0 Å². The summed E-state index contributed by atoms with van der Waals surface area (Å²) < 4.78 is 5.77. The van der Waals surface area contributed by atoms with Crippen LogP contribution in [0.25, 0.3) is 0 Å². The van der Waals surface area contributed by atoms with Crippen molar-refractivity contribution in [3.8, 4) is 5.75 Å². The van der Waals surface area contributed by atoms with Crippen LogP contribution in [-0.4, -0.2) is 5.78 Å². The van der Waals surface area contributed by atoms with Crippen LogP contribution in [0.2, 0.25) is 0 Å². The molecular weight excluding hydrogens is 284 g/mol. The summed E-state index contributed by atoms with van der Waals surface area (Å²) in [4.78, 5) is 11.8. The number of hydrogen-bond donors (Lipinski definition) is 0. The van der Waals surface area contributed by atoms with Crippen molar-refractivity contribution < 1.29 is 9.53 Å². The van der Waals surface area contributed by atoms with Crippen molar-refractivity contribution in [2.75, 3.05) is 0 Å². The van der Waals surface area contributed by atoms with Crippen molar-refractivity contribution in [3.63, 3.8) is 0 Å². The minimum absolute atomic E-state index is 0.263. The number of carbonyl (C=O) groups is 1. The highest BCUT2D eigenvalue weighted by atomic mass is 16.5. The van der Waals surface area contributed by atoms with Crippen LogP contribution in [0.4, 0.5) is 0 Å². The number of ether oxygens (including phenoxy) is 1. The number of carbonyl (C=O) groups excluding carboxylic acids is 1. The maximum Gasteiger partial charge on any atom is 0.137 e. The molecule has 1 aromatic rings. The Morgan fingerprint density at radius 2 is 1.61 bits per heavy atom. The molecule has 0 aliphatic carbocycles. The van der Waals surface area contributed by atoms with Crippen LogP contribution in [0, 0.1) is 6.92 Å². The molecule has 0 N–H and O–H groups in total. The standard InChI is InChI=1S/C17H24O2.2C2H6/c1-5-7-14(4)19-17-10-9-13(3)11-15(17)12-16(18)8-6-2;2*1-2/h9-11H,4-8,12H2,1-3H3;2*1-2H3. The molecule has 2 nitrogen and oxygen atoms in total. The molecule has 0 aromatic heterocycles. The molecule has 0 unspecified atom stereocenters. The molecule has 132 valence electrons. The maximum atomic E-state index is 11.8. The fourth-order valence-electron chi connectivity index (χ4n) is 2.01. The maximum absolute atomic E-state index is 11.8. The van der Waals surface area contributed by atoms with Crippen molar-refractivity contribution in [1.29, 1.82) is 0 Å². The Balaban J connectivity index is 0. The Hall–Kier alpha value is -1.57. The van der Waals surface area contributed by atoms with Crippen LogP contribution in [0.3, 0.4) is 0 Å². The lowest BCUT2D eigenvalue weighted by atomic mass is 10.0. The zero-order valence-corrected chi connectivity index (χ0v) is 16.3. The lowest BCUT2D eigenvalue weighted by molar-refractivity contribution is -0.118. The van der Waals surface area contributed by atoms with Gasteiger partial charge in [0, 0.05) is 24.8 Å². The largest absolute Gasteiger partial charge is 0.462 e. The Bertz CT molecular complexity index is 447. The summed E-state index contributed by atoms with van der Waals surface area (Å²) in [5.41, 5.74) is 2.11. The first-order chi connectivity index (χ1) is 11.1. The smallest absolute Gasteiger partial charge is 0.137 e. The lowest BCUT2D eigenvalue weighted by Crippen LogP contribution is -2.05. The zero-order valence-electron chi connectivity index (χ0n) is 16.3. The highest BCUT2D eigenvalue weighted by Gasteiger charge is 2.10. The molecule has 1 rings (SSSR count). The summed E-state index contributed by atoms with van der Waals surface area (Å²) in [6.45, 7) is 18.1. The van der Waals surface area contributed by atoms with Crippen molar-refractivity contribution in [2.24, 2.45) is 0 Å². The van der Waals surface area contributed by atoms with E-state index in [-0.39, 0.29) is 5.78 Å². The van der Waals surface area contributed by atoms with E-state index in [0.29, 0.717) is 12.8 Å². The van der Waals surface area contributed by atoms with Crippen LogP contribution in [-0.2, 0) is 11.2 Å². The number of rotatable bonds is 8. The highest BCUT2D eigenvalue weighted by molar-refractivity contribution is 5.81. The fourth-order valence-corrected chi connectivity index (χ4v) is 2.01. The molecule has 0 radical (unpaired) electrons. The van der Waals surface area contributed by atoms with Crippen LogP contribution >= 0.6 is 0 Å². The third kappa shape index (κ3) is 10.7. The van der Waals surface area contributed by atoms with Crippen molar-refractivity contribution >= 4 is 5.78 Å². The van der Waals surface area contributed by atoms with Gasteiger partial charge < -0.3 is 4.74 Å². The van der Waals surface area contributed by atoms with E-state index in [1.807, 2.05) is 59.7 Å². The van der Waals surface area contributed by atoms with Crippen molar-refractivity contribution in [3.05, 3.63) is 41.7 Å². The zero-order chi connectivity index (χ0) is 18.3. The topological polar surface area (TPSA) is 26.3 Å². The minimum atomic E-state index is 0.263. The number of benzene rings is 1. The molecule has 0 saturated carbocycles. The van der Waals surface area contributed by atoms with E-state index in [0.717, 1.165) is 41.9 Å². The summed E-state index contributed by atoms with van der Waals surface area (Å²) in [6, 6.07) is 5.97. The molecule has 0 aliphatic heterocycles. The fraction of sp³-hybridized carbons (Fsp3) is 0.571. The molecule has 0 fully saturated rings. The molecule has 0 aliphatic rings. The average Bonchev–Trinajstić information content (AvgIpc) is 2.54. The second-order valence-corrected chi connectivity index (χ2v) is 4.97. The Labute approximate surface area is 144 Å². The van der Waals surface area contributed by atoms with Gasteiger partial charge in [0.05, 0.1) is 5.76 Å².